The highest BCUT2D eigenvalue weighted by Crippen LogP contribution is 2.38. The van der Waals surface area contributed by atoms with E-state index in [1.165, 1.54) is 29.5 Å². The number of anilines is 1. The first-order chi connectivity index (χ1) is 14.4. The summed E-state index contributed by atoms with van der Waals surface area (Å²) in [4.78, 5) is 16.9. The Morgan fingerprint density at radius 2 is 1.83 bits per heavy atom. The van der Waals surface area contributed by atoms with Crippen LogP contribution < -0.4 is 10.6 Å². The van der Waals surface area contributed by atoms with Gasteiger partial charge in [0.05, 0.1) is 25.9 Å². The number of carbonyl (C=O) groups excluding carboxylic acids is 1. The molecule has 0 saturated heterocycles. The quantitative estimate of drug-likeness (QED) is 0.330. The Hall–Kier alpha value is -2.58. The molecule has 0 aliphatic carbocycles. The van der Waals surface area contributed by atoms with Gasteiger partial charge in [-0.1, -0.05) is 41.4 Å². The number of rotatable bonds is 3. The van der Waals surface area contributed by atoms with Gasteiger partial charge in [0, 0.05) is 11.1 Å². The van der Waals surface area contributed by atoms with Crippen molar-refractivity contribution in [2.75, 3.05) is 5.32 Å². The van der Waals surface area contributed by atoms with Gasteiger partial charge in [0.1, 0.15) is 10.8 Å². The highest BCUT2D eigenvalue weighted by Gasteiger charge is 2.15. The normalized spacial score (nSPS) is 10.8. The Morgan fingerprint density at radius 3 is 2.60 bits per heavy atom. The van der Waals surface area contributed by atoms with Crippen LogP contribution in [-0.2, 0) is 0 Å². The molecule has 150 valence electrons. The van der Waals surface area contributed by atoms with E-state index in [9.17, 15) is 9.18 Å². The Balaban J connectivity index is 1.57. The number of thiocarbonyl (C=S) groups is 1. The van der Waals surface area contributed by atoms with E-state index >= 15 is 0 Å². The second-order valence-corrected chi connectivity index (χ2v) is 8.47. The van der Waals surface area contributed by atoms with Crippen LogP contribution in [0.15, 0.2) is 60.7 Å². The van der Waals surface area contributed by atoms with Crippen LogP contribution >= 0.6 is 46.8 Å². The Labute approximate surface area is 190 Å². The molecule has 4 nitrogen and oxygen atoms in total. The molecule has 0 aliphatic rings. The molecule has 4 rings (SSSR count). The van der Waals surface area contributed by atoms with Gasteiger partial charge in [-0.2, -0.15) is 0 Å². The number of hydrogen-bond acceptors (Lipinski definition) is 4. The smallest absolute Gasteiger partial charge is 0.257 e. The number of para-hydroxylation sites is 1. The average molecular weight is 476 g/mol. The molecule has 1 aromatic heterocycles. The van der Waals surface area contributed by atoms with E-state index in [0.29, 0.717) is 21.3 Å². The zero-order valence-electron chi connectivity index (χ0n) is 15.1. The minimum absolute atomic E-state index is 0.0173. The molecule has 0 aliphatic heterocycles. The number of nitrogens with zero attached hydrogens (tertiary/aromatic N) is 1. The molecular formula is C21H12Cl2FN3OS2. The lowest BCUT2D eigenvalue weighted by atomic mass is 10.2. The lowest BCUT2D eigenvalue weighted by Crippen LogP contribution is -2.34. The van der Waals surface area contributed by atoms with Crippen molar-refractivity contribution >= 4 is 73.7 Å². The standard InChI is InChI=1S/C21H12Cl2FN3OS2/c22-14-10-15(23)17(9-13(14)20-25-16-6-1-2-7-18(16)30-20)26-21(29)27-19(28)11-4-3-5-12(24)8-11/h1-10H,(H2,26,27,28,29). The van der Waals surface area contributed by atoms with Crippen molar-refractivity contribution in [1.82, 2.24) is 10.3 Å². The predicted molar refractivity (Wildman–Crippen MR) is 125 cm³/mol. The number of thiazole rings is 1. The molecule has 0 bridgehead atoms. The van der Waals surface area contributed by atoms with Gasteiger partial charge in [-0.25, -0.2) is 9.37 Å². The third-order valence-corrected chi connectivity index (χ3v) is 6.04. The average Bonchev–Trinajstić information content (AvgIpc) is 3.14. The summed E-state index contributed by atoms with van der Waals surface area (Å²) in [6, 6.07) is 16.4. The molecule has 1 heterocycles. The van der Waals surface area contributed by atoms with Crippen LogP contribution in [0, 0.1) is 5.82 Å². The first-order valence-electron chi connectivity index (χ1n) is 8.63. The molecular weight excluding hydrogens is 464 g/mol. The summed E-state index contributed by atoms with van der Waals surface area (Å²) >= 11 is 19.4. The van der Waals surface area contributed by atoms with Crippen molar-refractivity contribution < 1.29 is 9.18 Å². The number of amides is 1. The Morgan fingerprint density at radius 1 is 1.03 bits per heavy atom. The maximum absolute atomic E-state index is 13.3. The van der Waals surface area contributed by atoms with E-state index < -0.39 is 11.7 Å². The highest BCUT2D eigenvalue weighted by atomic mass is 35.5. The number of nitrogens with one attached hydrogen (secondary N) is 2. The van der Waals surface area contributed by atoms with Crippen LogP contribution in [0.2, 0.25) is 10.0 Å². The second kappa shape index (κ2) is 8.65. The topological polar surface area (TPSA) is 54.0 Å². The van der Waals surface area contributed by atoms with Gasteiger partial charge in [-0.05, 0) is 54.7 Å². The minimum Gasteiger partial charge on any atom is -0.331 e. The fourth-order valence-electron chi connectivity index (χ4n) is 2.75. The largest absolute Gasteiger partial charge is 0.331 e. The lowest BCUT2D eigenvalue weighted by molar-refractivity contribution is 0.0977. The van der Waals surface area contributed by atoms with Crippen molar-refractivity contribution in [3.63, 3.8) is 0 Å². The number of aromatic nitrogens is 1. The van der Waals surface area contributed by atoms with Gasteiger partial charge < -0.3 is 5.32 Å². The third-order valence-electron chi connectivity index (χ3n) is 4.14. The first-order valence-corrected chi connectivity index (χ1v) is 10.6. The van der Waals surface area contributed by atoms with Gasteiger partial charge in [-0.3, -0.25) is 10.1 Å². The van der Waals surface area contributed by atoms with E-state index in [2.05, 4.69) is 15.6 Å². The summed E-state index contributed by atoms with van der Waals surface area (Å²) in [6.45, 7) is 0. The summed E-state index contributed by atoms with van der Waals surface area (Å²) in [6.07, 6.45) is 0. The zero-order valence-corrected chi connectivity index (χ0v) is 18.2. The molecule has 0 radical (unpaired) electrons. The minimum atomic E-state index is -0.538. The van der Waals surface area contributed by atoms with E-state index in [1.807, 2.05) is 24.3 Å². The summed E-state index contributed by atoms with van der Waals surface area (Å²) in [5, 5.41) is 6.91. The molecule has 9 heteroatoms. The van der Waals surface area contributed by atoms with Crippen LogP contribution in [-0.4, -0.2) is 16.0 Å². The molecule has 0 atom stereocenters. The van der Waals surface area contributed by atoms with Crippen LogP contribution in [0.4, 0.5) is 10.1 Å². The fraction of sp³-hybridized carbons (Fsp3) is 0. The number of benzene rings is 3. The van der Waals surface area contributed by atoms with Crippen molar-refractivity contribution in [3.8, 4) is 10.6 Å². The highest BCUT2D eigenvalue weighted by molar-refractivity contribution is 7.80. The Kier molecular flexibility index (Phi) is 5.97. The first kappa shape index (κ1) is 20.7. The number of halogens is 3. The molecule has 3 aromatic carbocycles. The maximum Gasteiger partial charge on any atom is 0.257 e. The zero-order chi connectivity index (χ0) is 21.3. The maximum atomic E-state index is 13.3. The predicted octanol–water partition coefficient (Wildman–Crippen LogP) is 6.54. The van der Waals surface area contributed by atoms with Crippen molar-refractivity contribution in [1.29, 1.82) is 0 Å². The number of carbonyl (C=O) groups is 1. The number of hydrogen-bond donors (Lipinski definition) is 2. The van der Waals surface area contributed by atoms with Crippen LogP contribution in [0.25, 0.3) is 20.8 Å². The molecule has 0 unspecified atom stereocenters. The molecule has 0 spiro atoms. The van der Waals surface area contributed by atoms with Crippen LogP contribution in [0.5, 0.6) is 0 Å². The van der Waals surface area contributed by atoms with Gasteiger partial charge in [0.2, 0.25) is 0 Å². The van der Waals surface area contributed by atoms with Gasteiger partial charge >= 0.3 is 0 Å². The van der Waals surface area contributed by atoms with Crippen LogP contribution in [0.3, 0.4) is 0 Å². The van der Waals surface area contributed by atoms with E-state index in [1.54, 1.807) is 12.1 Å². The molecule has 4 aromatic rings. The van der Waals surface area contributed by atoms with Crippen molar-refractivity contribution in [2.24, 2.45) is 0 Å². The van der Waals surface area contributed by atoms with E-state index in [4.69, 9.17) is 35.4 Å². The van der Waals surface area contributed by atoms with Gasteiger partial charge in [0.15, 0.2) is 5.11 Å². The number of fused-ring (bicyclic) bond motifs is 1. The van der Waals surface area contributed by atoms with Crippen LogP contribution in [0.1, 0.15) is 10.4 Å². The van der Waals surface area contributed by atoms with Gasteiger partial charge in [0.25, 0.3) is 5.91 Å². The molecule has 0 fully saturated rings. The Bertz CT molecular complexity index is 1260. The fourth-order valence-corrected chi connectivity index (χ4v) is 4.53. The molecule has 1 amide bonds. The summed E-state index contributed by atoms with van der Waals surface area (Å²) in [5.74, 6) is -1.05. The second-order valence-electron chi connectivity index (χ2n) is 6.22. The van der Waals surface area contributed by atoms with Crippen molar-refractivity contribution in [3.05, 3.63) is 82.1 Å². The summed E-state index contributed by atoms with van der Waals surface area (Å²) in [7, 11) is 0. The van der Waals surface area contributed by atoms with E-state index in [-0.39, 0.29) is 10.7 Å². The monoisotopic (exact) mass is 475 g/mol. The SMILES string of the molecule is O=C(NC(=S)Nc1cc(-c2nc3ccccc3s2)c(Cl)cc1Cl)c1cccc(F)c1. The van der Waals surface area contributed by atoms with Crippen molar-refractivity contribution in [2.45, 2.75) is 0 Å². The summed E-state index contributed by atoms with van der Waals surface area (Å²) < 4.78 is 14.4. The molecule has 2 N–H and O–H groups in total. The van der Waals surface area contributed by atoms with Gasteiger partial charge in [-0.15, -0.1) is 11.3 Å². The summed E-state index contributed by atoms with van der Waals surface area (Å²) in [5.41, 5.74) is 2.16. The lowest BCUT2D eigenvalue weighted by Gasteiger charge is -2.13. The third kappa shape index (κ3) is 4.44. The molecule has 30 heavy (non-hydrogen) atoms. The van der Waals surface area contributed by atoms with E-state index in [0.717, 1.165) is 21.3 Å². The molecule has 0 saturated carbocycles.